The second kappa shape index (κ2) is 3.14. The zero-order valence-corrected chi connectivity index (χ0v) is 7.19. The summed E-state index contributed by atoms with van der Waals surface area (Å²) in [4.78, 5) is 0. The Morgan fingerprint density at radius 3 is 2.83 bits per heavy atom. The average molecular weight is 158 g/mol. The molecule has 2 rings (SSSR count). The van der Waals surface area contributed by atoms with Gasteiger partial charge in [-0.3, -0.25) is 0 Å². The number of rotatable bonds is 1. The summed E-state index contributed by atoms with van der Waals surface area (Å²) in [7, 11) is 0. The van der Waals surface area contributed by atoms with E-state index in [-0.39, 0.29) is 0 Å². The molecule has 0 N–H and O–H groups in total. The highest BCUT2D eigenvalue weighted by molar-refractivity contribution is 5.22. The third-order valence-electron chi connectivity index (χ3n) is 2.78. The van der Waals surface area contributed by atoms with E-state index in [4.69, 9.17) is 0 Å². The van der Waals surface area contributed by atoms with Gasteiger partial charge in [0.25, 0.3) is 0 Å². The van der Waals surface area contributed by atoms with Crippen LogP contribution in [0.3, 0.4) is 0 Å². The van der Waals surface area contributed by atoms with Gasteiger partial charge in [-0.25, -0.2) is 0 Å². The van der Waals surface area contributed by atoms with Gasteiger partial charge < -0.3 is 0 Å². The van der Waals surface area contributed by atoms with Crippen molar-refractivity contribution in [1.29, 1.82) is 0 Å². The second-order valence-electron chi connectivity index (χ2n) is 3.49. The molecule has 0 saturated heterocycles. The van der Waals surface area contributed by atoms with E-state index in [2.05, 4.69) is 49.1 Å². The number of hydrogen-bond donors (Lipinski definition) is 0. The summed E-state index contributed by atoms with van der Waals surface area (Å²) in [6.45, 7) is 3.87. The van der Waals surface area contributed by atoms with E-state index in [1.54, 1.807) is 0 Å². The highest BCUT2D eigenvalue weighted by Gasteiger charge is 2.25. The fourth-order valence-electron chi connectivity index (χ4n) is 2.08. The molecule has 2 unspecified atom stereocenters. The minimum Gasteiger partial charge on any atom is -0.102 e. The Bertz CT molecular complexity index is 255. The first-order valence-corrected chi connectivity index (χ1v) is 4.56. The van der Waals surface area contributed by atoms with Crippen LogP contribution < -0.4 is 0 Å². The molecule has 0 amide bonds. The molecule has 0 saturated carbocycles. The molecule has 3 atom stereocenters. The van der Waals surface area contributed by atoms with Gasteiger partial charge in [0.1, 0.15) is 0 Å². The van der Waals surface area contributed by atoms with Gasteiger partial charge in [-0.1, -0.05) is 42.5 Å². The monoisotopic (exact) mass is 158 g/mol. The third kappa shape index (κ3) is 1.18. The van der Waals surface area contributed by atoms with E-state index in [1.165, 1.54) is 6.42 Å². The molecule has 0 fully saturated rings. The summed E-state index contributed by atoms with van der Waals surface area (Å²) >= 11 is 0. The lowest BCUT2D eigenvalue weighted by molar-refractivity contribution is 0.399. The van der Waals surface area contributed by atoms with Crippen LogP contribution in [-0.4, -0.2) is 0 Å². The van der Waals surface area contributed by atoms with E-state index >= 15 is 0 Å². The molecule has 0 aromatic heterocycles. The molecule has 62 valence electrons. The van der Waals surface area contributed by atoms with Crippen molar-refractivity contribution < 1.29 is 0 Å². The average Bonchev–Trinajstić information content (AvgIpc) is 2.17. The van der Waals surface area contributed by atoms with Crippen molar-refractivity contribution in [3.63, 3.8) is 0 Å². The molecular formula is C12H14. The van der Waals surface area contributed by atoms with Crippen LogP contribution >= 0.6 is 0 Å². The predicted molar refractivity (Wildman–Crippen MR) is 52.7 cm³/mol. The zero-order chi connectivity index (χ0) is 8.39. The summed E-state index contributed by atoms with van der Waals surface area (Å²) < 4.78 is 0. The van der Waals surface area contributed by atoms with Gasteiger partial charge in [-0.05, 0) is 18.3 Å². The van der Waals surface area contributed by atoms with Gasteiger partial charge in [0.05, 0.1) is 0 Å². The van der Waals surface area contributed by atoms with Crippen LogP contribution in [-0.2, 0) is 0 Å². The molecule has 0 nitrogen and oxygen atoms in total. The second-order valence-corrected chi connectivity index (χ2v) is 3.49. The fourth-order valence-corrected chi connectivity index (χ4v) is 2.08. The molecule has 2 aliphatic rings. The van der Waals surface area contributed by atoms with Gasteiger partial charge in [0.2, 0.25) is 0 Å². The van der Waals surface area contributed by atoms with Crippen LogP contribution in [0.15, 0.2) is 49.1 Å². The molecule has 0 radical (unpaired) electrons. The molecule has 0 aromatic rings. The first kappa shape index (κ1) is 7.60. The Labute approximate surface area is 74.0 Å². The van der Waals surface area contributed by atoms with Crippen molar-refractivity contribution in [3.8, 4) is 0 Å². The molecular weight excluding hydrogens is 144 g/mol. The lowest BCUT2D eigenvalue weighted by Gasteiger charge is -2.30. The SMILES string of the molecule is C=CC1C=CCC2C=CC=C[C@H]12. The van der Waals surface area contributed by atoms with Gasteiger partial charge in [0, 0.05) is 5.92 Å². The van der Waals surface area contributed by atoms with E-state index < -0.39 is 0 Å². The van der Waals surface area contributed by atoms with E-state index in [9.17, 15) is 0 Å². The standard InChI is InChI=1S/C12H14/c1-2-10-7-5-8-11-6-3-4-9-12(10)11/h2-7,9-12H,1,8H2/t10?,11?,12-/m1/s1. The third-order valence-corrected chi connectivity index (χ3v) is 2.78. The predicted octanol–water partition coefficient (Wildman–Crippen LogP) is 3.11. The molecule has 0 heteroatoms. The Morgan fingerprint density at radius 2 is 2.00 bits per heavy atom. The topological polar surface area (TPSA) is 0 Å². The zero-order valence-electron chi connectivity index (χ0n) is 7.19. The minimum atomic E-state index is 0.546. The Kier molecular flexibility index (Phi) is 1.99. The summed E-state index contributed by atoms with van der Waals surface area (Å²) in [6, 6.07) is 0. The maximum atomic E-state index is 3.87. The molecule has 12 heavy (non-hydrogen) atoms. The lowest BCUT2D eigenvalue weighted by Crippen LogP contribution is -2.22. The van der Waals surface area contributed by atoms with Crippen molar-refractivity contribution in [2.75, 3.05) is 0 Å². The van der Waals surface area contributed by atoms with Crippen LogP contribution in [0.1, 0.15) is 6.42 Å². The minimum absolute atomic E-state index is 0.546. The smallest absolute Gasteiger partial charge is 0.00126 e. The molecule has 0 spiro atoms. The molecule has 0 aromatic carbocycles. The lowest BCUT2D eigenvalue weighted by atomic mass is 9.74. The van der Waals surface area contributed by atoms with Crippen LogP contribution in [0.25, 0.3) is 0 Å². The van der Waals surface area contributed by atoms with Gasteiger partial charge in [-0.15, -0.1) is 6.58 Å². The van der Waals surface area contributed by atoms with E-state index in [1.807, 2.05) is 0 Å². The maximum Gasteiger partial charge on any atom is 0.00126 e. The Morgan fingerprint density at radius 1 is 1.17 bits per heavy atom. The van der Waals surface area contributed by atoms with Gasteiger partial charge in [-0.2, -0.15) is 0 Å². The molecule has 0 aliphatic heterocycles. The molecule has 0 bridgehead atoms. The fraction of sp³-hybridized carbons (Fsp3) is 0.333. The summed E-state index contributed by atoms with van der Waals surface area (Å²) in [6.07, 6.45) is 16.7. The highest BCUT2D eigenvalue weighted by Crippen LogP contribution is 2.34. The summed E-state index contributed by atoms with van der Waals surface area (Å²) in [5.74, 6) is 1.92. The Balaban J connectivity index is 2.25. The van der Waals surface area contributed by atoms with Crippen molar-refractivity contribution in [1.82, 2.24) is 0 Å². The molecule has 2 aliphatic carbocycles. The van der Waals surface area contributed by atoms with Crippen LogP contribution in [0.5, 0.6) is 0 Å². The quantitative estimate of drug-likeness (QED) is 0.514. The normalized spacial score (nSPS) is 37.8. The summed E-state index contributed by atoms with van der Waals surface area (Å²) in [5.41, 5.74) is 0. The number of hydrogen-bond acceptors (Lipinski definition) is 0. The van der Waals surface area contributed by atoms with Crippen molar-refractivity contribution >= 4 is 0 Å². The number of fused-ring (bicyclic) bond motifs is 1. The highest BCUT2D eigenvalue weighted by atomic mass is 14.3. The number of allylic oxidation sites excluding steroid dienone is 7. The van der Waals surface area contributed by atoms with Crippen LogP contribution in [0.2, 0.25) is 0 Å². The van der Waals surface area contributed by atoms with Crippen LogP contribution in [0.4, 0.5) is 0 Å². The first-order chi connectivity index (χ1) is 5.92. The summed E-state index contributed by atoms with van der Waals surface area (Å²) in [5, 5.41) is 0. The van der Waals surface area contributed by atoms with E-state index in [0.717, 1.165) is 0 Å². The van der Waals surface area contributed by atoms with Crippen molar-refractivity contribution in [2.24, 2.45) is 17.8 Å². The maximum absolute atomic E-state index is 3.87. The molecule has 0 heterocycles. The van der Waals surface area contributed by atoms with Crippen molar-refractivity contribution in [2.45, 2.75) is 6.42 Å². The van der Waals surface area contributed by atoms with Gasteiger partial charge in [0.15, 0.2) is 0 Å². The first-order valence-electron chi connectivity index (χ1n) is 4.56. The van der Waals surface area contributed by atoms with Crippen molar-refractivity contribution in [3.05, 3.63) is 49.1 Å². The van der Waals surface area contributed by atoms with Gasteiger partial charge >= 0.3 is 0 Å². The largest absolute Gasteiger partial charge is 0.102 e. The van der Waals surface area contributed by atoms with E-state index in [0.29, 0.717) is 17.8 Å². The Hall–Kier alpha value is -1.04. The van der Waals surface area contributed by atoms with Crippen LogP contribution in [0, 0.1) is 17.8 Å².